The summed E-state index contributed by atoms with van der Waals surface area (Å²) >= 11 is 0. The molecule has 0 aromatic heterocycles. The molecule has 1 aromatic carbocycles. The number of hydrogen-bond donors (Lipinski definition) is 2. The van der Waals surface area contributed by atoms with Crippen LogP contribution in [0, 0.1) is 5.82 Å². The summed E-state index contributed by atoms with van der Waals surface area (Å²) in [6.07, 6.45) is 0. The van der Waals surface area contributed by atoms with Gasteiger partial charge in [-0.1, -0.05) is 21.3 Å². The Labute approximate surface area is 129 Å². The third-order valence-corrected chi connectivity index (χ3v) is 3.55. The number of nitrogens with zero attached hydrogens (tertiary/aromatic N) is 2. The number of halogens is 1. The molecule has 0 atom stereocenters. The number of fused-ring (bicyclic) bond motifs is 1. The molecule has 122 valence electrons. The van der Waals surface area contributed by atoms with E-state index in [4.69, 9.17) is 16.2 Å². The number of amides is 2. The highest BCUT2D eigenvalue weighted by atomic mass is 19.1. The summed E-state index contributed by atoms with van der Waals surface area (Å²) in [5.74, 6) is -0.0544. The summed E-state index contributed by atoms with van der Waals surface area (Å²) in [6, 6.07) is 2.39. The minimum Gasteiger partial charge on any atom is -0.496 e. The lowest BCUT2D eigenvalue weighted by Crippen LogP contribution is -2.45. The molecular formula is C15H23FN4O2. The summed E-state index contributed by atoms with van der Waals surface area (Å²) in [5.41, 5.74) is 11.1. The van der Waals surface area contributed by atoms with Gasteiger partial charge in [0.2, 0.25) is 0 Å². The Balaban J connectivity index is 0.00000242. The first kappa shape index (κ1) is 17.7. The number of carbonyl (C=O) groups is 1. The van der Waals surface area contributed by atoms with Crippen LogP contribution in [0.3, 0.4) is 0 Å². The highest BCUT2D eigenvalue weighted by Crippen LogP contribution is 2.39. The SMILES string of the molecule is C.COc1ccc(F)c2c1CN(C(=O)N=C(N)N)CC2(C)C. The van der Waals surface area contributed by atoms with Gasteiger partial charge in [0.15, 0.2) is 5.96 Å². The number of methoxy groups -OCH3 is 1. The van der Waals surface area contributed by atoms with Gasteiger partial charge in [-0.25, -0.2) is 9.18 Å². The second-order valence-electron chi connectivity index (χ2n) is 5.66. The molecule has 0 spiro atoms. The molecule has 0 saturated carbocycles. The monoisotopic (exact) mass is 310 g/mol. The normalized spacial score (nSPS) is 15.4. The van der Waals surface area contributed by atoms with Crippen molar-refractivity contribution in [3.05, 3.63) is 29.1 Å². The highest BCUT2D eigenvalue weighted by Gasteiger charge is 2.37. The number of ether oxygens (including phenoxy) is 1. The van der Waals surface area contributed by atoms with Crippen molar-refractivity contribution in [2.24, 2.45) is 16.5 Å². The third kappa shape index (κ3) is 3.13. The summed E-state index contributed by atoms with van der Waals surface area (Å²) in [4.78, 5) is 17.1. The average Bonchev–Trinajstić information content (AvgIpc) is 2.36. The molecule has 0 saturated heterocycles. The van der Waals surface area contributed by atoms with E-state index < -0.39 is 11.4 Å². The van der Waals surface area contributed by atoms with Crippen LogP contribution >= 0.6 is 0 Å². The second-order valence-corrected chi connectivity index (χ2v) is 5.66. The fourth-order valence-electron chi connectivity index (χ4n) is 2.80. The minimum absolute atomic E-state index is 0. The van der Waals surface area contributed by atoms with Crippen LogP contribution in [0.15, 0.2) is 17.1 Å². The molecule has 0 aliphatic carbocycles. The van der Waals surface area contributed by atoms with E-state index in [1.54, 1.807) is 6.07 Å². The van der Waals surface area contributed by atoms with Gasteiger partial charge in [0, 0.05) is 23.1 Å². The summed E-state index contributed by atoms with van der Waals surface area (Å²) in [7, 11) is 1.51. The fourth-order valence-corrected chi connectivity index (χ4v) is 2.80. The van der Waals surface area contributed by atoms with Crippen molar-refractivity contribution in [3.63, 3.8) is 0 Å². The van der Waals surface area contributed by atoms with Gasteiger partial charge in [-0.05, 0) is 12.1 Å². The third-order valence-electron chi connectivity index (χ3n) is 3.55. The maximum absolute atomic E-state index is 14.2. The standard InChI is InChI=1S/C14H19FN4O2.CH4/c1-14(2)7-19(13(20)18-12(16)17)6-8-10(21-3)5-4-9(15)11(8)14;/h4-5H,6-7H2,1-3H3,(H4,16,17,18,20);1H4. The first-order valence-corrected chi connectivity index (χ1v) is 6.50. The van der Waals surface area contributed by atoms with Crippen molar-refractivity contribution in [2.45, 2.75) is 33.2 Å². The Morgan fingerprint density at radius 3 is 2.59 bits per heavy atom. The molecule has 1 aliphatic heterocycles. The van der Waals surface area contributed by atoms with Crippen LogP contribution in [0.1, 0.15) is 32.4 Å². The van der Waals surface area contributed by atoms with Gasteiger partial charge >= 0.3 is 6.03 Å². The van der Waals surface area contributed by atoms with Gasteiger partial charge in [-0.3, -0.25) is 0 Å². The Hall–Kier alpha value is -2.31. The molecule has 4 N–H and O–H groups in total. The van der Waals surface area contributed by atoms with Crippen molar-refractivity contribution in [1.29, 1.82) is 0 Å². The number of hydrogen-bond acceptors (Lipinski definition) is 2. The van der Waals surface area contributed by atoms with E-state index in [-0.39, 0.29) is 25.7 Å². The molecular weight excluding hydrogens is 287 g/mol. The largest absolute Gasteiger partial charge is 0.496 e. The second kappa shape index (κ2) is 6.21. The maximum Gasteiger partial charge on any atom is 0.347 e. The highest BCUT2D eigenvalue weighted by molar-refractivity contribution is 5.90. The number of benzene rings is 1. The number of rotatable bonds is 1. The zero-order valence-electron chi connectivity index (χ0n) is 12.3. The quantitative estimate of drug-likeness (QED) is 0.612. The predicted octanol–water partition coefficient (Wildman–Crippen LogP) is 1.96. The molecule has 0 radical (unpaired) electrons. The van der Waals surface area contributed by atoms with Gasteiger partial charge in [0.1, 0.15) is 11.6 Å². The molecule has 1 heterocycles. The molecule has 0 fully saturated rings. The van der Waals surface area contributed by atoms with E-state index in [1.165, 1.54) is 18.1 Å². The Bertz CT molecular complexity index is 610. The maximum atomic E-state index is 14.2. The molecule has 1 aliphatic rings. The Morgan fingerprint density at radius 1 is 1.41 bits per heavy atom. The molecule has 7 heteroatoms. The molecule has 22 heavy (non-hydrogen) atoms. The smallest absolute Gasteiger partial charge is 0.347 e. The molecule has 0 bridgehead atoms. The number of aliphatic imine (C=N–C) groups is 1. The fraction of sp³-hybridized carbons (Fsp3) is 0.467. The van der Waals surface area contributed by atoms with E-state index >= 15 is 0 Å². The number of guanidine groups is 1. The van der Waals surface area contributed by atoms with Crippen molar-refractivity contribution in [2.75, 3.05) is 13.7 Å². The van der Waals surface area contributed by atoms with E-state index in [2.05, 4.69) is 4.99 Å². The zero-order chi connectivity index (χ0) is 15.8. The molecule has 1 aromatic rings. The zero-order valence-corrected chi connectivity index (χ0v) is 12.3. The average molecular weight is 310 g/mol. The first-order valence-electron chi connectivity index (χ1n) is 6.50. The molecule has 2 rings (SSSR count). The van der Waals surface area contributed by atoms with Crippen LogP contribution in [0.2, 0.25) is 0 Å². The lowest BCUT2D eigenvalue weighted by Gasteiger charge is -2.39. The van der Waals surface area contributed by atoms with Crippen LogP contribution in [0.4, 0.5) is 9.18 Å². The van der Waals surface area contributed by atoms with Crippen LogP contribution < -0.4 is 16.2 Å². The van der Waals surface area contributed by atoms with Gasteiger partial charge in [0.25, 0.3) is 0 Å². The van der Waals surface area contributed by atoms with Crippen LogP contribution in [0.25, 0.3) is 0 Å². The number of nitrogens with two attached hydrogens (primary N) is 2. The lowest BCUT2D eigenvalue weighted by atomic mass is 9.77. The van der Waals surface area contributed by atoms with Gasteiger partial charge in [0.05, 0.1) is 13.7 Å². The predicted molar refractivity (Wildman–Crippen MR) is 84.3 cm³/mol. The van der Waals surface area contributed by atoms with Crippen molar-refractivity contribution >= 4 is 12.0 Å². The topological polar surface area (TPSA) is 93.9 Å². The number of urea groups is 1. The van der Waals surface area contributed by atoms with E-state index in [0.717, 1.165) is 0 Å². The van der Waals surface area contributed by atoms with Gasteiger partial charge in [-0.2, -0.15) is 4.99 Å². The van der Waals surface area contributed by atoms with Gasteiger partial charge in [-0.15, -0.1) is 0 Å². The van der Waals surface area contributed by atoms with Gasteiger partial charge < -0.3 is 21.1 Å². The van der Waals surface area contributed by atoms with Crippen LogP contribution in [0.5, 0.6) is 5.75 Å². The van der Waals surface area contributed by atoms with Crippen molar-refractivity contribution in [1.82, 2.24) is 4.90 Å². The Morgan fingerprint density at radius 2 is 2.05 bits per heavy atom. The lowest BCUT2D eigenvalue weighted by molar-refractivity contribution is 0.180. The van der Waals surface area contributed by atoms with E-state index in [9.17, 15) is 9.18 Å². The minimum atomic E-state index is -0.569. The number of carbonyl (C=O) groups excluding carboxylic acids is 1. The molecule has 0 unspecified atom stereocenters. The Kier molecular flexibility index (Phi) is 5.01. The summed E-state index contributed by atoms with van der Waals surface area (Å²) in [5, 5.41) is 0. The van der Waals surface area contributed by atoms with Crippen molar-refractivity contribution in [3.8, 4) is 5.75 Å². The first-order chi connectivity index (χ1) is 9.76. The van der Waals surface area contributed by atoms with Crippen LogP contribution in [-0.4, -0.2) is 30.5 Å². The van der Waals surface area contributed by atoms with E-state index in [0.29, 0.717) is 23.4 Å². The van der Waals surface area contributed by atoms with Crippen molar-refractivity contribution < 1.29 is 13.9 Å². The molecule has 6 nitrogen and oxygen atoms in total. The summed E-state index contributed by atoms with van der Waals surface area (Å²) in [6.45, 7) is 4.25. The van der Waals surface area contributed by atoms with E-state index in [1.807, 2.05) is 13.8 Å². The molecule has 2 amide bonds. The van der Waals surface area contributed by atoms with Crippen LogP contribution in [-0.2, 0) is 12.0 Å². The summed E-state index contributed by atoms with van der Waals surface area (Å²) < 4.78 is 19.5.